The molecule has 4 amide bonds. The van der Waals surface area contributed by atoms with E-state index in [0.29, 0.717) is 56.9 Å². The highest BCUT2D eigenvalue weighted by molar-refractivity contribution is 7.21. The zero-order chi connectivity index (χ0) is 26.9. The molecule has 2 aliphatic heterocycles. The van der Waals surface area contributed by atoms with Crippen LogP contribution in [0.1, 0.15) is 22.5 Å². The number of aromatic nitrogens is 3. The number of rotatable bonds is 6. The molecule has 1 saturated heterocycles. The number of thiophene rings is 1. The van der Waals surface area contributed by atoms with Gasteiger partial charge in [0.25, 0.3) is 5.91 Å². The number of carbonyl (C=O) groups excluding carboxylic acids is 3. The van der Waals surface area contributed by atoms with Crippen molar-refractivity contribution in [3.8, 4) is 11.6 Å². The number of likely N-dealkylation sites (tertiary alicyclic amines) is 1. The molecule has 3 aromatic heterocycles. The van der Waals surface area contributed by atoms with E-state index in [4.69, 9.17) is 4.74 Å². The second-order valence-electron chi connectivity index (χ2n) is 9.04. The SMILES string of the molecule is C=CC(=O)N1CCC[C@@H](NC(=O)c2sc3nccc4c3c2NC(=O)N4c2ccc(Oc3cccnn3)cc2)C1. The number of urea groups is 1. The first kappa shape index (κ1) is 24.5. The molecule has 2 N–H and O–H groups in total. The summed E-state index contributed by atoms with van der Waals surface area (Å²) in [6.45, 7) is 4.60. The van der Waals surface area contributed by atoms with Gasteiger partial charge in [-0.25, -0.2) is 9.78 Å². The lowest BCUT2D eigenvalue weighted by molar-refractivity contribution is -0.127. The summed E-state index contributed by atoms with van der Waals surface area (Å²) in [7, 11) is 0. The average Bonchev–Trinajstić information content (AvgIpc) is 3.33. The third-order valence-electron chi connectivity index (χ3n) is 6.56. The smallest absolute Gasteiger partial charge is 0.331 e. The van der Waals surface area contributed by atoms with Gasteiger partial charge in [0.15, 0.2) is 0 Å². The molecule has 0 radical (unpaired) electrons. The van der Waals surface area contributed by atoms with Gasteiger partial charge in [0.05, 0.1) is 22.4 Å². The monoisotopic (exact) mass is 541 g/mol. The number of amides is 4. The number of benzene rings is 1. The van der Waals surface area contributed by atoms with Crippen LogP contribution in [0.3, 0.4) is 0 Å². The molecule has 5 heterocycles. The molecule has 4 aromatic rings. The molecule has 0 saturated carbocycles. The van der Waals surface area contributed by atoms with Gasteiger partial charge in [0, 0.05) is 37.6 Å². The summed E-state index contributed by atoms with van der Waals surface area (Å²) in [4.78, 5) is 47.4. The highest BCUT2D eigenvalue weighted by atomic mass is 32.1. The summed E-state index contributed by atoms with van der Waals surface area (Å²) in [5.74, 6) is 0.443. The lowest BCUT2D eigenvalue weighted by Gasteiger charge is -2.32. The quantitative estimate of drug-likeness (QED) is 0.345. The average molecular weight is 542 g/mol. The third-order valence-corrected chi connectivity index (χ3v) is 7.66. The molecule has 196 valence electrons. The number of ether oxygens (including phenoxy) is 1. The number of piperidine rings is 1. The molecule has 39 heavy (non-hydrogen) atoms. The second kappa shape index (κ2) is 10.1. The molecule has 12 heteroatoms. The minimum Gasteiger partial charge on any atom is -0.438 e. The maximum Gasteiger partial charge on any atom is 0.331 e. The minimum absolute atomic E-state index is 0.152. The molecule has 0 unspecified atom stereocenters. The van der Waals surface area contributed by atoms with E-state index in [1.165, 1.54) is 22.3 Å². The number of hydrogen-bond acceptors (Lipinski definition) is 8. The Labute approximate surface area is 227 Å². The molecule has 1 fully saturated rings. The Morgan fingerprint density at radius 1 is 1.18 bits per heavy atom. The van der Waals surface area contributed by atoms with Crippen molar-refractivity contribution in [2.24, 2.45) is 0 Å². The van der Waals surface area contributed by atoms with Crippen LogP contribution in [-0.4, -0.2) is 57.1 Å². The number of anilines is 3. The summed E-state index contributed by atoms with van der Waals surface area (Å²) in [6, 6.07) is 11.6. The summed E-state index contributed by atoms with van der Waals surface area (Å²) in [6.07, 6.45) is 6.00. The van der Waals surface area contributed by atoms with Crippen molar-refractivity contribution in [3.63, 3.8) is 0 Å². The molecule has 1 atom stereocenters. The van der Waals surface area contributed by atoms with Gasteiger partial charge in [0.2, 0.25) is 11.8 Å². The third kappa shape index (κ3) is 4.66. The Morgan fingerprint density at radius 3 is 2.79 bits per heavy atom. The van der Waals surface area contributed by atoms with Crippen LogP contribution < -0.4 is 20.3 Å². The Balaban J connectivity index is 1.27. The maximum atomic E-state index is 13.4. The highest BCUT2D eigenvalue weighted by Crippen LogP contribution is 2.45. The summed E-state index contributed by atoms with van der Waals surface area (Å²) in [5.41, 5.74) is 1.68. The van der Waals surface area contributed by atoms with Crippen LogP contribution in [0.25, 0.3) is 10.2 Å². The van der Waals surface area contributed by atoms with E-state index in [2.05, 4.69) is 32.4 Å². The number of pyridine rings is 1. The van der Waals surface area contributed by atoms with Crippen molar-refractivity contribution >= 4 is 56.5 Å². The molecule has 11 nitrogen and oxygen atoms in total. The van der Waals surface area contributed by atoms with Crippen molar-refractivity contribution < 1.29 is 19.1 Å². The zero-order valence-electron chi connectivity index (χ0n) is 20.7. The topological polar surface area (TPSA) is 130 Å². The molecule has 0 spiro atoms. The van der Waals surface area contributed by atoms with E-state index in [0.717, 1.165) is 12.8 Å². The van der Waals surface area contributed by atoms with Crippen molar-refractivity contribution in [1.29, 1.82) is 0 Å². The van der Waals surface area contributed by atoms with E-state index in [9.17, 15) is 14.4 Å². The highest BCUT2D eigenvalue weighted by Gasteiger charge is 2.33. The Morgan fingerprint density at radius 2 is 2.03 bits per heavy atom. The van der Waals surface area contributed by atoms with Gasteiger partial charge >= 0.3 is 6.03 Å². The van der Waals surface area contributed by atoms with Crippen molar-refractivity contribution in [1.82, 2.24) is 25.4 Å². The van der Waals surface area contributed by atoms with Crippen LogP contribution in [0.2, 0.25) is 0 Å². The molecule has 0 bridgehead atoms. The van der Waals surface area contributed by atoms with Gasteiger partial charge in [-0.1, -0.05) is 6.58 Å². The summed E-state index contributed by atoms with van der Waals surface area (Å²) >= 11 is 1.22. The fraction of sp³-hybridized carbons (Fsp3) is 0.185. The fourth-order valence-electron chi connectivity index (χ4n) is 4.80. The Hall–Kier alpha value is -4.84. The molecule has 1 aromatic carbocycles. The van der Waals surface area contributed by atoms with E-state index in [1.54, 1.807) is 59.8 Å². The second-order valence-corrected chi connectivity index (χ2v) is 10.0. The molecule has 0 aliphatic carbocycles. The van der Waals surface area contributed by atoms with Gasteiger partial charge < -0.3 is 20.3 Å². The number of nitrogens with zero attached hydrogens (tertiary/aromatic N) is 5. The molecular weight excluding hydrogens is 518 g/mol. The lowest BCUT2D eigenvalue weighted by atomic mass is 10.1. The van der Waals surface area contributed by atoms with Crippen LogP contribution in [0, 0.1) is 0 Å². The van der Waals surface area contributed by atoms with Gasteiger partial charge in [-0.15, -0.1) is 16.4 Å². The normalized spacial score (nSPS) is 16.5. The fourth-order valence-corrected chi connectivity index (χ4v) is 5.82. The number of nitrogens with one attached hydrogen (secondary N) is 2. The van der Waals surface area contributed by atoms with Gasteiger partial charge in [-0.2, -0.15) is 5.10 Å². The largest absolute Gasteiger partial charge is 0.438 e. The minimum atomic E-state index is -0.398. The van der Waals surface area contributed by atoms with Gasteiger partial charge in [0.1, 0.15) is 15.5 Å². The van der Waals surface area contributed by atoms with Crippen LogP contribution in [0.15, 0.2) is 67.5 Å². The van der Waals surface area contributed by atoms with E-state index in [1.807, 2.05) is 0 Å². The van der Waals surface area contributed by atoms with Crippen molar-refractivity contribution in [2.45, 2.75) is 18.9 Å². The van der Waals surface area contributed by atoms with Crippen LogP contribution in [0.5, 0.6) is 11.6 Å². The maximum absolute atomic E-state index is 13.4. The van der Waals surface area contributed by atoms with Crippen LogP contribution in [0.4, 0.5) is 21.9 Å². The number of carbonyl (C=O) groups is 3. The molecule has 2 aliphatic rings. The standard InChI is InChI=1S/C27H23N7O4S/c1-2-21(35)33-14-4-5-16(15-33)30-25(36)24-23-22-19(11-13-28-26(22)39-24)34(27(37)31-23)17-7-9-18(10-8-17)38-20-6-3-12-29-32-20/h2-3,6-13,16H,1,4-5,14-15H2,(H,30,36)(H,31,37)/t16-/m1/s1. The van der Waals surface area contributed by atoms with Crippen LogP contribution in [-0.2, 0) is 4.79 Å². The van der Waals surface area contributed by atoms with Gasteiger partial charge in [-0.05, 0) is 55.3 Å². The van der Waals surface area contributed by atoms with E-state index in [-0.39, 0.29) is 17.9 Å². The van der Waals surface area contributed by atoms with Crippen molar-refractivity contribution in [3.05, 3.63) is 72.4 Å². The Kier molecular flexibility index (Phi) is 6.37. The lowest BCUT2D eigenvalue weighted by Crippen LogP contribution is -2.49. The summed E-state index contributed by atoms with van der Waals surface area (Å²) in [5, 5.41) is 14.3. The summed E-state index contributed by atoms with van der Waals surface area (Å²) < 4.78 is 5.71. The zero-order valence-corrected chi connectivity index (χ0v) is 21.5. The van der Waals surface area contributed by atoms with E-state index < -0.39 is 6.03 Å². The van der Waals surface area contributed by atoms with E-state index >= 15 is 0 Å². The Bertz CT molecular complexity index is 1590. The first-order chi connectivity index (χ1) is 19.0. The predicted molar refractivity (Wildman–Crippen MR) is 147 cm³/mol. The molecular formula is C27H23N7O4S. The van der Waals surface area contributed by atoms with Gasteiger partial charge in [-0.3, -0.25) is 14.5 Å². The first-order valence-corrected chi connectivity index (χ1v) is 13.1. The number of hydrogen-bond donors (Lipinski definition) is 2. The first-order valence-electron chi connectivity index (χ1n) is 12.3. The van der Waals surface area contributed by atoms with Crippen LogP contribution >= 0.6 is 11.3 Å². The predicted octanol–water partition coefficient (Wildman–Crippen LogP) is 4.47. The molecule has 6 rings (SSSR count). The van der Waals surface area contributed by atoms with Crippen molar-refractivity contribution in [2.75, 3.05) is 23.3 Å².